The number of allylic oxidation sites excluding steroid dienone is 2. The number of ether oxygens (including phenoxy) is 3. The maximum absolute atomic E-state index is 13.6. The van der Waals surface area contributed by atoms with Gasteiger partial charge in [0, 0.05) is 38.9 Å². The van der Waals surface area contributed by atoms with Crippen molar-refractivity contribution >= 4 is 29.1 Å². The summed E-state index contributed by atoms with van der Waals surface area (Å²) in [5, 5.41) is 3.91. The number of esters is 1. The summed E-state index contributed by atoms with van der Waals surface area (Å²) in [5.74, 6) is -0.204. The summed E-state index contributed by atoms with van der Waals surface area (Å²) < 4.78 is 17.1. The summed E-state index contributed by atoms with van der Waals surface area (Å²) in [5.41, 5.74) is 5.25. The molecular formula is C30H26ClNO5. The van der Waals surface area contributed by atoms with Crippen molar-refractivity contribution < 1.29 is 23.8 Å². The van der Waals surface area contributed by atoms with Crippen LogP contribution >= 0.6 is 11.6 Å². The minimum atomic E-state index is -0.638. The van der Waals surface area contributed by atoms with Crippen molar-refractivity contribution in [2.24, 2.45) is 0 Å². The lowest BCUT2D eigenvalue weighted by molar-refractivity contribution is -0.136. The number of benzene rings is 3. The molecule has 1 atom stereocenters. The lowest BCUT2D eigenvalue weighted by atomic mass is 9.79. The number of rotatable bonds is 7. The zero-order valence-corrected chi connectivity index (χ0v) is 21.5. The van der Waals surface area contributed by atoms with Gasteiger partial charge in [-0.1, -0.05) is 60.1 Å². The van der Waals surface area contributed by atoms with Gasteiger partial charge >= 0.3 is 5.97 Å². The molecule has 1 aliphatic heterocycles. The van der Waals surface area contributed by atoms with Crippen LogP contribution in [0.5, 0.6) is 11.5 Å². The molecular weight excluding hydrogens is 490 g/mol. The third-order valence-electron chi connectivity index (χ3n) is 6.60. The molecule has 0 saturated carbocycles. The Hall–Kier alpha value is -4.03. The number of hydrogen-bond acceptors (Lipinski definition) is 6. The zero-order chi connectivity index (χ0) is 26.1. The monoisotopic (exact) mass is 515 g/mol. The van der Waals surface area contributed by atoms with E-state index in [4.69, 9.17) is 25.8 Å². The Morgan fingerprint density at radius 3 is 2.43 bits per heavy atom. The van der Waals surface area contributed by atoms with E-state index in [9.17, 15) is 9.59 Å². The topological polar surface area (TPSA) is 73.9 Å². The maximum Gasteiger partial charge on any atom is 0.336 e. The number of carbonyl (C=O) groups excluding carboxylic acids is 2. The van der Waals surface area contributed by atoms with Crippen LogP contribution in [0, 0.1) is 0 Å². The summed E-state index contributed by atoms with van der Waals surface area (Å²) in [6.45, 7) is 4.38. The van der Waals surface area contributed by atoms with Gasteiger partial charge in [-0.3, -0.25) is 4.79 Å². The van der Waals surface area contributed by atoms with E-state index in [0.717, 1.165) is 16.7 Å². The number of dihydropyridines is 1. The molecule has 0 aromatic heterocycles. The minimum Gasteiger partial charge on any atom is -0.490 e. The fraction of sp³-hybridized carbons (Fsp3) is 0.200. The van der Waals surface area contributed by atoms with Crippen LogP contribution in [0.15, 0.2) is 83.6 Å². The first kappa shape index (κ1) is 24.7. The molecule has 6 nitrogen and oxygen atoms in total. The van der Waals surface area contributed by atoms with Gasteiger partial charge in [0.1, 0.15) is 6.61 Å². The molecule has 0 unspecified atom stereocenters. The molecule has 7 heteroatoms. The van der Waals surface area contributed by atoms with Gasteiger partial charge in [-0.25, -0.2) is 4.79 Å². The van der Waals surface area contributed by atoms with Crippen LogP contribution in [0.1, 0.15) is 46.8 Å². The Bertz CT molecular complexity index is 1470. The van der Waals surface area contributed by atoms with Gasteiger partial charge in [0.15, 0.2) is 17.3 Å². The Morgan fingerprint density at radius 1 is 0.973 bits per heavy atom. The van der Waals surface area contributed by atoms with Gasteiger partial charge in [-0.15, -0.1) is 0 Å². The first-order valence-corrected chi connectivity index (χ1v) is 12.4. The molecule has 3 aromatic rings. The molecule has 0 amide bonds. The number of carbonyl (C=O) groups is 2. The Morgan fingerprint density at radius 2 is 1.70 bits per heavy atom. The first-order chi connectivity index (χ1) is 17.9. The standard InChI is InChI=1S/C30H26ClNO5/c1-4-36-24-15-18(13-14-23(24)37-16-19-9-5-8-12-22(19)31)26-25(30(34)35-3)17(2)32-28-20-10-6-7-11-21(20)29(33)27(26)28/h5-15,26,32H,4,16H2,1-3H3/t26-/m0/s1. The summed E-state index contributed by atoms with van der Waals surface area (Å²) in [4.78, 5) is 26.6. The van der Waals surface area contributed by atoms with Crippen molar-refractivity contribution in [3.63, 3.8) is 0 Å². The van der Waals surface area contributed by atoms with Gasteiger partial charge in [-0.05, 0) is 37.6 Å². The fourth-order valence-corrected chi connectivity index (χ4v) is 5.10. The highest BCUT2D eigenvalue weighted by Crippen LogP contribution is 2.48. The average Bonchev–Trinajstić information content (AvgIpc) is 3.19. The van der Waals surface area contributed by atoms with E-state index in [2.05, 4.69) is 5.32 Å². The molecule has 0 spiro atoms. The summed E-state index contributed by atoms with van der Waals surface area (Å²) in [6, 6.07) is 20.4. The molecule has 1 heterocycles. The van der Waals surface area contributed by atoms with Crippen molar-refractivity contribution in [3.05, 3.63) is 111 Å². The second-order valence-corrected chi connectivity index (χ2v) is 9.18. The van der Waals surface area contributed by atoms with Crippen LogP contribution in [-0.2, 0) is 16.1 Å². The van der Waals surface area contributed by atoms with Crippen molar-refractivity contribution in [2.75, 3.05) is 13.7 Å². The van der Waals surface area contributed by atoms with E-state index in [1.807, 2.05) is 68.4 Å². The largest absolute Gasteiger partial charge is 0.490 e. The third-order valence-corrected chi connectivity index (χ3v) is 6.96. The van der Waals surface area contributed by atoms with Crippen LogP contribution in [0.2, 0.25) is 5.02 Å². The van der Waals surface area contributed by atoms with E-state index < -0.39 is 11.9 Å². The lowest BCUT2D eigenvalue weighted by Gasteiger charge is -2.29. The van der Waals surface area contributed by atoms with Gasteiger partial charge in [0.05, 0.1) is 25.0 Å². The van der Waals surface area contributed by atoms with Gasteiger partial charge in [-0.2, -0.15) is 0 Å². The van der Waals surface area contributed by atoms with E-state index in [1.54, 1.807) is 12.1 Å². The molecule has 2 aliphatic rings. The summed E-state index contributed by atoms with van der Waals surface area (Å²) >= 11 is 6.29. The van der Waals surface area contributed by atoms with Gasteiger partial charge in [0.25, 0.3) is 0 Å². The summed E-state index contributed by atoms with van der Waals surface area (Å²) in [7, 11) is 1.34. The molecule has 0 bridgehead atoms. The highest BCUT2D eigenvalue weighted by Gasteiger charge is 2.43. The Balaban J connectivity index is 1.58. The van der Waals surface area contributed by atoms with E-state index in [0.29, 0.717) is 51.2 Å². The van der Waals surface area contributed by atoms with Crippen molar-refractivity contribution in [3.8, 4) is 11.5 Å². The molecule has 0 saturated heterocycles. The number of nitrogens with one attached hydrogen (secondary N) is 1. The number of methoxy groups -OCH3 is 1. The molecule has 0 radical (unpaired) electrons. The number of hydrogen-bond donors (Lipinski definition) is 1. The third kappa shape index (κ3) is 4.38. The second kappa shape index (κ2) is 10.1. The number of ketones is 1. The van der Waals surface area contributed by atoms with Crippen molar-refractivity contribution in [2.45, 2.75) is 26.4 Å². The normalized spacial score (nSPS) is 16.2. The number of fused-ring (bicyclic) bond motifs is 2. The SMILES string of the molecule is CCOc1cc([C@H]2C(C(=O)OC)=C(C)NC3=C2C(=O)c2ccccc23)ccc1OCc1ccccc1Cl. The molecule has 0 fully saturated rings. The molecule has 5 rings (SSSR count). The van der Waals surface area contributed by atoms with Crippen LogP contribution in [0.3, 0.4) is 0 Å². The average molecular weight is 516 g/mol. The molecule has 188 valence electrons. The van der Waals surface area contributed by atoms with Crippen LogP contribution < -0.4 is 14.8 Å². The number of Topliss-reactive ketones (excluding diaryl/α,β-unsaturated/α-hetero) is 1. The molecule has 3 aromatic carbocycles. The first-order valence-electron chi connectivity index (χ1n) is 12.0. The van der Waals surface area contributed by atoms with Gasteiger partial charge < -0.3 is 19.5 Å². The lowest BCUT2D eigenvalue weighted by Crippen LogP contribution is -2.29. The maximum atomic E-state index is 13.6. The van der Waals surface area contributed by atoms with E-state index >= 15 is 0 Å². The quantitative estimate of drug-likeness (QED) is 0.386. The van der Waals surface area contributed by atoms with E-state index in [1.165, 1.54) is 7.11 Å². The van der Waals surface area contributed by atoms with Crippen LogP contribution in [0.25, 0.3) is 5.70 Å². The summed E-state index contributed by atoms with van der Waals surface area (Å²) in [6.07, 6.45) is 0. The second-order valence-electron chi connectivity index (χ2n) is 8.77. The smallest absolute Gasteiger partial charge is 0.336 e. The predicted molar refractivity (Wildman–Crippen MR) is 142 cm³/mol. The zero-order valence-electron chi connectivity index (χ0n) is 20.8. The Kier molecular flexibility index (Phi) is 6.76. The van der Waals surface area contributed by atoms with Crippen LogP contribution in [0.4, 0.5) is 0 Å². The van der Waals surface area contributed by atoms with Gasteiger partial charge in [0.2, 0.25) is 0 Å². The fourth-order valence-electron chi connectivity index (χ4n) is 4.91. The highest BCUT2D eigenvalue weighted by molar-refractivity contribution is 6.31. The molecule has 1 aliphatic carbocycles. The van der Waals surface area contributed by atoms with Crippen molar-refractivity contribution in [1.82, 2.24) is 5.32 Å². The Labute approximate surface area is 220 Å². The highest BCUT2D eigenvalue weighted by atomic mass is 35.5. The predicted octanol–water partition coefficient (Wildman–Crippen LogP) is 6.06. The van der Waals surface area contributed by atoms with Crippen molar-refractivity contribution in [1.29, 1.82) is 0 Å². The minimum absolute atomic E-state index is 0.117. The van der Waals surface area contributed by atoms with E-state index in [-0.39, 0.29) is 12.4 Å². The molecule has 37 heavy (non-hydrogen) atoms. The number of halogens is 1. The molecule has 1 N–H and O–H groups in total. The van der Waals surface area contributed by atoms with Crippen LogP contribution in [-0.4, -0.2) is 25.5 Å².